The van der Waals surface area contributed by atoms with Crippen LogP contribution in [0.15, 0.2) is 89.0 Å². The molecule has 8 heteroatoms. The molecule has 0 aromatic heterocycles. The molecule has 0 fully saturated rings. The fourth-order valence-electron chi connectivity index (χ4n) is 4.08. The van der Waals surface area contributed by atoms with Crippen LogP contribution in [-0.4, -0.2) is 33.0 Å². The van der Waals surface area contributed by atoms with Crippen molar-refractivity contribution in [2.45, 2.75) is 31.1 Å². The fourth-order valence-corrected chi connectivity index (χ4v) is 5.32. The van der Waals surface area contributed by atoms with Gasteiger partial charge in [0.2, 0.25) is 5.91 Å². The Kier molecular flexibility index (Phi) is 6.70. The number of para-hydroxylation sites is 1. The number of thioether (sulfide) groups is 1. The number of carbonyl (C=O) groups is 2. The molecule has 3 aromatic carbocycles. The summed E-state index contributed by atoms with van der Waals surface area (Å²) in [5.74, 6) is -0.615. The molecule has 35 heavy (non-hydrogen) atoms. The number of hydrogen-bond donors (Lipinski definition) is 1. The van der Waals surface area contributed by atoms with Crippen molar-refractivity contribution < 1.29 is 9.59 Å². The number of carbonyl (C=O) groups excluding carboxylic acids is 2. The SMILES string of the molecule is Cc1ccc([C@H]2CC(c3ccccc3)=NN2C2=NC(=O)[C@@H](CC(=O)Nc3ccccc3Cl)S2)cc1. The summed E-state index contributed by atoms with van der Waals surface area (Å²) < 4.78 is 0. The molecule has 0 radical (unpaired) electrons. The lowest BCUT2D eigenvalue weighted by Gasteiger charge is -2.23. The van der Waals surface area contributed by atoms with Gasteiger partial charge in [0, 0.05) is 12.8 Å². The number of hydrogen-bond acceptors (Lipinski definition) is 5. The van der Waals surface area contributed by atoms with Gasteiger partial charge in [-0.15, -0.1) is 0 Å². The van der Waals surface area contributed by atoms with Gasteiger partial charge in [0.1, 0.15) is 5.25 Å². The van der Waals surface area contributed by atoms with Gasteiger partial charge >= 0.3 is 0 Å². The number of nitrogens with zero attached hydrogens (tertiary/aromatic N) is 3. The first-order valence-electron chi connectivity index (χ1n) is 11.3. The molecule has 0 unspecified atom stereocenters. The van der Waals surface area contributed by atoms with E-state index < -0.39 is 5.25 Å². The number of aryl methyl sites for hydroxylation is 1. The minimum Gasteiger partial charge on any atom is -0.325 e. The molecule has 0 spiro atoms. The fraction of sp³-hybridized carbons (Fsp3) is 0.185. The van der Waals surface area contributed by atoms with Crippen LogP contribution in [0.5, 0.6) is 0 Å². The molecule has 1 N–H and O–H groups in total. The van der Waals surface area contributed by atoms with Gasteiger partial charge in [0.25, 0.3) is 5.91 Å². The summed E-state index contributed by atoms with van der Waals surface area (Å²) in [6.07, 6.45) is 0.693. The summed E-state index contributed by atoms with van der Waals surface area (Å²) in [4.78, 5) is 29.7. The molecule has 2 atom stereocenters. The van der Waals surface area contributed by atoms with Crippen molar-refractivity contribution in [3.63, 3.8) is 0 Å². The molecule has 6 nitrogen and oxygen atoms in total. The summed E-state index contributed by atoms with van der Waals surface area (Å²) in [5.41, 5.74) is 4.77. The number of aliphatic imine (C=N–C) groups is 1. The first kappa shape index (κ1) is 23.3. The molecule has 176 valence electrons. The zero-order chi connectivity index (χ0) is 24.4. The van der Waals surface area contributed by atoms with Crippen LogP contribution >= 0.6 is 23.4 Å². The Bertz CT molecular complexity index is 1320. The molecule has 2 amide bonds. The number of hydrazone groups is 1. The van der Waals surface area contributed by atoms with E-state index in [0.29, 0.717) is 22.3 Å². The molecular weight excluding hydrogens is 480 g/mol. The average Bonchev–Trinajstić information content (AvgIpc) is 3.46. The van der Waals surface area contributed by atoms with Crippen molar-refractivity contribution in [2.75, 3.05) is 5.32 Å². The van der Waals surface area contributed by atoms with Gasteiger partial charge in [-0.05, 0) is 30.2 Å². The molecule has 0 aliphatic carbocycles. The highest BCUT2D eigenvalue weighted by Crippen LogP contribution is 2.38. The number of nitrogens with one attached hydrogen (secondary N) is 1. The topological polar surface area (TPSA) is 74.1 Å². The second kappa shape index (κ2) is 10.1. The van der Waals surface area contributed by atoms with Crippen molar-refractivity contribution in [2.24, 2.45) is 10.1 Å². The number of rotatable bonds is 5. The molecule has 3 aromatic rings. The van der Waals surface area contributed by atoms with Crippen molar-refractivity contribution in [3.05, 3.63) is 101 Å². The highest BCUT2D eigenvalue weighted by molar-refractivity contribution is 8.15. The predicted octanol–water partition coefficient (Wildman–Crippen LogP) is 5.83. The first-order chi connectivity index (χ1) is 17.0. The molecule has 0 saturated carbocycles. The number of halogens is 1. The highest BCUT2D eigenvalue weighted by atomic mass is 35.5. The van der Waals surface area contributed by atoms with Crippen LogP contribution in [0.4, 0.5) is 5.69 Å². The maximum Gasteiger partial charge on any atom is 0.262 e. The molecule has 2 aliphatic rings. The highest BCUT2D eigenvalue weighted by Gasteiger charge is 2.39. The van der Waals surface area contributed by atoms with E-state index in [1.807, 2.05) is 35.3 Å². The van der Waals surface area contributed by atoms with Crippen LogP contribution in [0, 0.1) is 6.92 Å². The van der Waals surface area contributed by atoms with E-state index in [1.54, 1.807) is 24.3 Å². The summed E-state index contributed by atoms with van der Waals surface area (Å²) in [5, 5.41) is 9.85. The first-order valence-corrected chi connectivity index (χ1v) is 12.6. The third kappa shape index (κ3) is 5.16. The van der Waals surface area contributed by atoms with E-state index in [4.69, 9.17) is 16.7 Å². The quantitative estimate of drug-likeness (QED) is 0.476. The maximum absolute atomic E-state index is 12.7. The van der Waals surface area contributed by atoms with Gasteiger partial charge in [0.15, 0.2) is 5.17 Å². The molecule has 2 heterocycles. The predicted molar refractivity (Wildman–Crippen MR) is 142 cm³/mol. The van der Waals surface area contributed by atoms with Crippen molar-refractivity contribution in [3.8, 4) is 0 Å². The number of anilines is 1. The van der Waals surface area contributed by atoms with Gasteiger partial charge in [0.05, 0.1) is 22.5 Å². The zero-order valence-electron chi connectivity index (χ0n) is 19.0. The van der Waals surface area contributed by atoms with E-state index >= 15 is 0 Å². The second-order valence-electron chi connectivity index (χ2n) is 8.46. The number of benzene rings is 3. The second-order valence-corrected chi connectivity index (χ2v) is 10.0. The van der Waals surface area contributed by atoms with E-state index in [9.17, 15) is 9.59 Å². The smallest absolute Gasteiger partial charge is 0.262 e. The normalized spacial score (nSPS) is 19.5. The van der Waals surface area contributed by atoms with Crippen molar-refractivity contribution in [1.82, 2.24) is 5.01 Å². The van der Waals surface area contributed by atoms with Crippen LogP contribution in [0.3, 0.4) is 0 Å². The van der Waals surface area contributed by atoms with Gasteiger partial charge in [-0.3, -0.25) is 9.59 Å². The summed E-state index contributed by atoms with van der Waals surface area (Å²) in [6, 6.07) is 25.3. The van der Waals surface area contributed by atoms with Gasteiger partial charge in [-0.2, -0.15) is 10.1 Å². The largest absolute Gasteiger partial charge is 0.325 e. The van der Waals surface area contributed by atoms with E-state index in [-0.39, 0.29) is 24.3 Å². The summed E-state index contributed by atoms with van der Waals surface area (Å²) in [7, 11) is 0. The Hall–Kier alpha value is -3.42. The van der Waals surface area contributed by atoms with Crippen molar-refractivity contribution >= 4 is 51.7 Å². The van der Waals surface area contributed by atoms with Crippen LogP contribution in [0.1, 0.15) is 35.6 Å². The van der Waals surface area contributed by atoms with E-state index in [2.05, 4.69) is 41.5 Å². The summed E-state index contributed by atoms with van der Waals surface area (Å²) in [6.45, 7) is 2.05. The molecular formula is C27H23ClN4O2S. The van der Waals surface area contributed by atoms with E-state index in [1.165, 1.54) is 17.3 Å². The van der Waals surface area contributed by atoms with Gasteiger partial charge in [-0.25, -0.2) is 5.01 Å². The van der Waals surface area contributed by atoms with Crippen molar-refractivity contribution in [1.29, 1.82) is 0 Å². The standard InChI is InChI=1S/C27H23ClN4O2S/c1-17-11-13-19(14-12-17)23-15-22(18-7-3-2-4-8-18)31-32(23)27-30-26(34)24(35-27)16-25(33)29-21-10-6-5-9-20(21)28/h2-14,23-24H,15-16H2,1H3,(H,29,33)/t23-,24-/m1/s1. The summed E-state index contributed by atoms with van der Waals surface area (Å²) >= 11 is 7.42. The monoisotopic (exact) mass is 502 g/mol. The van der Waals surface area contributed by atoms with E-state index in [0.717, 1.165) is 16.8 Å². The lowest BCUT2D eigenvalue weighted by Crippen LogP contribution is -2.25. The lowest BCUT2D eigenvalue weighted by molar-refractivity contribution is -0.121. The number of amidine groups is 1. The lowest BCUT2D eigenvalue weighted by atomic mass is 9.98. The third-order valence-electron chi connectivity index (χ3n) is 5.92. The van der Waals surface area contributed by atoms with Gasteiger partial charge < -0.3 is 5.32 Å². The minimum absolute atomic E-state index is 0.0000181. The van der Waals surface area contributed by atoms with Crippen LogP contribution in [0.2, 0.25) is 5.02 Å². The minimum atomic E-state index is -0.609. The molecule has 0 bridgehead atoms. The molecule has 0 saturated heterocycles. The maximum atomic E-state index is 12.7. The third-order valence-corrected chi connectivity index (χ3v) is 7.39. The average molecular weight is 503 g/mol. The van der Waals surface area contributed by atoms with Gasteiger partial charge in [-0.1, -0.05) is 95.7 Å². The van der Waals surface area contributed by atoms with Crippen LogP contribution in [-0.2, 0) is 9.59 Å². The Balaban J connectivity index is 1.35. The van der Waals surface area contributed by atoms with Crippen LogP contribution < -0.4 is 5.32 Å². The Morgan fingerprint density at radius 1 is 1.06 bits per heavy atom. The zero-order valence-corrected chi connectivity index (χ0v) is 20.6. The Morgan fingerprint density at radius 3 is 2.51 bits per heavy atom. The molecule has 2 aliphatic heterocycles. The Labute approximate surface area is 213 Å². The van der Waals surface area contributed by atoms with Crippen LogP contribution in [0.25, 0.3) is 0 Å². The Morgan fingerprint density at radius 2 is 1.77 bits per heavy atom. The number of amides is 2. The molecule has 5 rings (SSSR count).